The molecule has 0 aliphatic carbocycles. The zero-order valence-electron chi connectivity index (χ0n) is 22.8. The molecule has 8 nitrogen and oxygen atoms in total. The van der Waals surface area contributed by atoms with Crippen molar-refractivity contribution >= 4 is 13.8 Å². The molecule has 2 unspecified atom stereocenters. The number of aliphatic hydroxyl groups is 1. The molecule has 1 N–H and O–H groups in total. The molecule has 0 amide bonds. The Morgan fingerprint density at radius 3 is 2.00 bits per heavy atom. The van der Waals surface area contributed by atoms with Crippen LogP contribution in [0.3, 0.4) is 0 Å². The first-order valence-electron chi connectivity index (χ1n) is 13.4. The van der Waals surface area contributed by atoms with Crippen molar-refractivity contribution < 1.29 is 37.6 Å². The van der Waals surface area contributed by atoms with Gasteiger partial charge in [-0.1, -0.05) is 70.4 Å². The zero-order valence-corrected chi connectivity index (χ0v) is 23.6. The monoisotopic (exact) mass is 521 g/mol. The van der Waals surface area contributed by atoms with Gasteiger partial charge < -0.3 is 28.3 Å². The van der Waals surface area contributed by atoms with Crippen molar-refractivity contribution in [3.8, 4) is 0 Å². The molecule has 0 aromatic carbocycles. The predicted octanol–water partition coefficient (Wildman–Crippen LogP) is 5.14. The van der Waals surface area contributed by atoms with Gasteiger partial charge in [-0.25, -0.2) is 0 Å². The Morgan fingerprint density at radius 1 is 0.886 bits per heavy atom. The minimum atomic E-state index is -4.49. The molecule has 0 fully saturated rings. The average Bonchev–Trinajstić information content (AvgIpc) is 2.78. The summed E-state index contributed by atoms with van der Waals surface area (Å²) >= 11 is 0. The van der Waals surface area contributed by atoms with Crippen molar-refractivity contribution in [3.05, 3.63) is 12.2 Å². The van der Waals surface area contributed by atoms with Gasteiger partial charge in [0.25, 0.3) is 7.82 Å². The van der Waals surface area contributed by atoms with Gasteiger partial charge >= 0.3 is 5.97 Å². The number of aliphatic hydroxyl groups excluding tert-OH is 1. The van der Waals surface area contributed by atoms with Crippen LogP contribution >= 0.6 is 7.82 Å². The van der Waals surface area contributed by atoms with E-state index < -0.39 is 26.5 Å². The Labute approximate surface area is 214 Å². The molecule has 0 saturated carbocycles. The number of quaternary nitrogens is 1. The highest BCUT2D eigenvalue weighted by Crippen LogP contribution is 2.38. The third-order valence-electron chi connectivity index (χ3n) is 5.52. The normalized spacial score (nSPS) is 14.8. The fraction of sp³-hybridized carbons (Fsp3) is 0.885. The molecule has 0 spiro atoms. The standard InChI is InChI=1S/C26H52NO7P/c1-5-6-7-8-9-10-11-12-13-14-15-16-17-18-19-20-26(29)32-23-25(28)24-34-35(30,31)33-22-21-27(2,3)4/h15-16,25,28H,5-14,17-24H2,1-4H3/b16-15+. The quantitative estimate of drug-likeness (QED) is 0.0617. The summed E-state index contributed by atoms with van der Waals surface area (Å²) in [6.07, 6.45) is 19.2. The maximum Gasteiger partial charge on any atom is 0.305 e. The van der Waals surface area contributed by atoms with E-state index >= 15 is 0 Å². The van der Waals surface area contributed by atoms with E-state index in [9.17, 15) is 19.4 Å². The number of nitrogens with zero attached hydrogens (tertiary/aromatic N) is 1. The third kappa shape index (κ3) is 26.1. The molecule has 9 heteroatoms. The first kappa shape index (κ1) is 34.2. The SMILES string of the molecule is CCCCCCCCCCC/C=C/CCCCC(=O)OCC(O)COP(=O)([O-])OCC[N+](C)(C)C. The molecule has 0 aromatic rings. The van der Waals surface area contributed by atoms with Crippen LogP contribution in [0, 0.1) is 0 Å². The Morgan fingerprint density at radius 2 is 1.43 bits per heavy atom. The Bertz CT molecular complexity index is 593. The van der Waals surface area contributed by atoms with Crippen molar-refractivity contribution in [1.82, 2.24) is 0 Å². The van der Waals surface area contributed by atoms with Crippen molar-refractivity contribution in [2.45, 2.75) is 103 Å². The highest BCUT2D eigenvalue weighted by Gasteiger charge is 2.16. The number of hydrogen-bond donors (Lipinski definition) is 1. The van der Waals surface area contributed by atoms with Crippen LogP contribution in [-0.2, 0) is 23.1 Å². The Hall–Kier alpha value is -0.760. The van der Waals surface area contributed by atoms with Crippen LogP contribution in [0.2, 0.25) is 0 Å². The molecule has 0 saturated heterocycles. The summed E-state index contributed by atoms with van der Waals surface area (Å²) in [5, 5.41) is 9.79. The maximum atomic E-state index is 11.8. The summed E-state index contributed by atoms with van der Waals surface area (Å²) < 4.78 is 26.6. The second kappa shape index (κ2) is 21.3. The number of carbonyl (C=O) groups is 1. The fourth-order valence-corrected chi connectivity index (χ4v) is 4.03. The van der Waals surface area contributed by atoms with Gasteiger partial charge in [0.1, 0.15) is 25.9 Å². The minimum absolute atomic E-state index is 0.0101. The summed E-state index contributed by atoms with van der Waals surface area (Å²) in [5.41, 5.74) is 0. The number of phosphoric acid groups is 1. The van der Waals surface area contributed by atoms with Gasteiger partial charge in [0.15, 0.2) is 0 Å². The lowest BCUT2D eigenvalue weighted by atomic mass is 10.1. The highest BCUT2D eigenvalue weighted by atomic mass is 31.2. The topological polar surface area (TPSA) is 105 Å². The molecule has 2 atom stereocenters. The van der Waals surface area contributed by atoms with Crippen LogP contribution in [0.25, 0.3) is 0 Å². The van der Waals surface area contributed by atoms with E-state index in [1.54, 1.807) is 0 Å². The molecule has 0 bridgehead atoms. The van der Waals surface area contributed by atoms with E-state index in [0.29, 0.717) is 17.4 Å². The highest BCUT2D eigenvalue weighted by molar-refractivity contribution is 7.45. The molecule has 208 valence electrons. The number of likely N-dealkylation sites (N-methyl/N-ethyl adjacent to an activating group) is 1. The molecule has 0 aromatic heterocycles. The smallest absolute Gasteiger partial charge is 0.305 e. The molecule has 0 aliphatic heterocycles. The van der Waals surface area contributed by atoms with E-state index in [4.69, 9.17) is 9.26 Å². The largest absolute Gasteiger partial charge is 0.756 e. The lowest BCUT2D eigenvalue weighted by Gasteiger charge is -2.27. The van der Waals surface area contributed by atoms with Crippen LogP contribution in [0.15, 0.2) is 12.2 Å². The van der Waals surface area contributed by atoms with Gasteiger partial charge in [-0.15, -0.1) is 0 Å². The number of carbonyl (C=O) groups excluding carboxylic acids is 1. The predicted molar refractivity (Wildman–Crippen MR) is 139 cm³/mol. The summed E-state index contributed by atoms with van der Waals surface area (Å²) in [5.74, 6) is -0.410. The number of allylic oxidation sites excluding steroid dienone is 2. The maximum absolute atomic E-state index is 11.8. The van der Waals surface area contributed by atoms with Crippen molar-refractivity contribution in [2.24, 2.45) is 0 Å². The van der Waals surface area contributed by atoms with E-state index in [-0.39, 0.29) is 19.6 Å². The number of hydrogen-bond acceptors (Lipinski definition) is 7. The molecule has 0 radical (unpaired) electrons. The van der Waals surface area contributed by atoms with Crippen molar-refractivity contribution in [1.29, 1.82) is 0 Å². The van der Waals surface area contributed by atoms with E-state index in [1.807, 2.05) is 21.1 Å². The molecular weight excluding hydrogens is 469 g/mol. The average molecular weight is 522 g/mol. The number of phosphoric ester groups is 1. The van der Waals surface area contributed by atoms with Gasteiger partial charge in [-0.2, -0.15) is 0 Å². The van der Waals surface area contributed by atoms with Crippen LogP contribution in [0.1, 0.15) is 96.8 Å². The lowest BCUT2D eigenvalue weighted by molar-refractivity contribution is -0.870. The summed E-state index contributed by atoms with van der Waals surface area (Å²) in [4.78, 5) is 23.5. The van der Waals surface area contributed by atoms with Gasteiger partial charge in [-0.05, 0) is 32.1 Å². The van der Waals surface area contributed by atoms with Gasteiger partial charge in [-0.3, -0.25) is 9.36 Å². The van der Waals surface area contributed by atoms with E-state index in [1.165, 1.54) is 57.8 Å². The molecule has 0 rings (SSSR count). The van der Waals surface area contributed by atoms with E-state index in [2.05, 4.69) is 23.6 Å². The van der Waals surface area contributed by atoms with Crippen LogP contribution in [-0.4, -0.2) is 69.2 Å². The minimum Gasteiger partial charge on any atom is -0.756 e. The first-order chi connectivity index (χ1) is 16.6. The molecular formula is C26H52NO7P. The third-order valence-corrected chi connectivity index (χ3v) is 6.48. The number of unbranched alkanes of at least 4 members (excludes halogenated alkanes) is 11. The Kier molecular flexibility index (Phi) is 20.9. The Balaban J connectivity index is 3.61. The lowest BCUT2D eigenvalue weighted by Crippen LogP contribution is -2.37. The second-order valence-electron chi connectivity index (χ2n) is 10.3. The zero-order chi connectivity index (χ0) is 26.4. The summed E-state index contributed by atoms with van der Waals surface area (Å²) in [6.45, 7) is 1.91. The van der Waals surface area contributed by atoms with Crippen LogP contribution < -0.4 is 4.89 Å². The van der Waals surface area contributed by atoms with Gasteiger partial charge in [0.05, 0.1) is 27.7 Å². The molecule has 0 aliphatic rings. The second-order valence-corrected chi connectivity index (χ2v) is 11.7. The van der Waals surface area contributed by atoms with E-state index in [0.717, 1.165) is 19.3 Å². The molecule has 0 heterocycles. The summed E-state index contributed by atoms with van der Waals surface area (Å²) in [6, 6.07) is 0. The number of rotatable bonds is 24. The summed E-state index contributed by atoms with van der Waals surface area (Å²) in [7, 11) is 1.24. The van der Waals surface area contributed by atoms with Gasteiger partial charge in [0.2, 0.25) is 0 Å². The van der Waals surface area contributed by atoms with Crippen molar-refractivity contribution in [3.63, 3.8) is 0 Å². The van der Waals surface area contributed by atoms with Gasteiger partial charge in [0, 0.05) is 6.42 Å². The molecule has 35 heavy (non-hydrogen) atoms. The first-order valence-corrected chi connectivity index (χ1v) is 14.9. The van der Waals surface area contributed by atoms with Crippen molar-refractivity contribution in [2.75, 3.05) is 47.5 Å². The van der Waals surface area contributed by atoms with Crippen LogP contribution in [0.5, 0.6) is 0 Å². The van der Waals surface area contributed by atoms with Crippen LogP contribution in [0.4, 0.5) is 0 Å². The number of esters is 1. The fourth-order valence-electron chi connectivity index (χ4n) is 3.29. The number of ether oxygens (including phenoxy) is 1.